The fourth-order valence-corrected chi connectivity index (χ4v) is 2.16. The molecule has 2 rings (SSSR count). The van der Waals surface area contributed by atoms with Crippen molar-refractivity contribution in [2.24, 2.45) is 5.92 Å². The van der Waals surface area contributed by atoms with Gasteiger partial charge in [0, 0.05) is 0 Å². The van der Waals surface area contributed by atoms with Gasteiger partial charge in [-0.2, -0.15) is 0 Å². The van der Waals surface area contributed by atoms with Crippen molar-refractivity contribution in [2.45, 2.75) is 18.9 Å². The normalized spacial score (nSPS) is 23.9. The van der Waals surface area contributed by atoms with E-state index in [4.69, 9.17) is 5.11 Å². The number of halogens is 2. The van der Waals surface area contributed by atoms with E-state index in [0.717, 1.165) is 12.1 Å². The first kappa shape index (κ1) is 12.0. The largest absolute Gasteiger partial charge is 0.480 e. The van der Waals surface area contributed by atoms with Crippen LogP contribution in [0, 0.1) is 17.6 Å². The van der Waals surface area contributed by atoms with Crippen LogP contribution in [0.25, 0.3) is 0 Å². The summed E-state index contributed by atoms with van der Waals surface area (Å²) in [5.74, 6) is -1.77. The molecule has 1 aromatic carbocycles. The van der Waals surface area contributed by atoms with E-state index in [2.05, 4.69) is 5.32 Å². The molecular weight excluding hydrogens is 228 g/mol. The summed E-state index contributed by atoms with van der Waals surface area (Å²) in [5.41, 5.74) is 0.308. The molecule has 0 amide bonds. The van der Waals surface area contributed by atoms with Crippen molar-refractivity contribution in [3.63, 3.8) is 0 Å². The molecule has 2 unspecified atom stereocenters. The zero-order chi connectivity index (χ0) is 12.4. The number of carbonyl (C=O) groups is 1. The SMILES string of the molecule is O=C(O)C1CC(Cc2cc(F)ccc2F)CN1. The van der Waals surface area contributed by atoms with Crippen LogP contribution in [0.2, 0.25) is 0 Å². The summed E-state index contributed by atoms with van der Waals surface area (Å²) in [6.07, 6.45) is 0.811. The van der Waals surface area contributed by atoms with E-state index < -0.39 is 23.6 Å². The van der Waals surface area contributed by atoms with E-state index in [9.17, 15) is 13.6 Å². The lowest BCUT2D eigenvalue weighted by Gasteiger charge is -2.09. The van der Waals surface area contributed by atoms with Crippen molar-refractivity contribution in [1.82, 2.24) is 5.32 Å². The molecule has 1 aromatic rings. The lowest BCUT2D eigenvalue weighted by atomic mass is 9.96. The molecule has 0 spiro atoms. The van der Waals surface area contributed by atoms with Crippen molar-refractivity contribution in [3.05, 3.63) is 35.4 Å². The van der Waals surface area contributed by atoms with Gasteiger partial charge in [-0.05, 0) is 49.1 Å². The summed E-state index contributed by atoms with van der Waals surface area (Å²) in [7, 11) is 0. The highest BCUT2D eigenvalue weighted by atomic mass is 19.1. The van der Waals surface area contributed by atoms with Gasteiger partial charge in [0.15, 0.2) is 0 Å². The van der Waals surface area contributed by atoms with E-state index in [0.29, 0.717) is 24.9 Å². The molecule has 0 saturated carbocycles. The first-order chi connectivity index (χ1) is 8.06. The Morgan fingerprint density at radius 1 is 1.47 bits per heavy atom. The number of carboxylic acids is 1. The number of carboxylic acid groups (broad SMARTS) is 1. The molecule has 5 heteroatoms. The van der Waals surface area contributed by atoms with E-state index in [-0.39, 0.29) is 5.92 Å². The van der Waals surface area contributed by atoms with Gasteiger partial charge in [-0.3, -0.25) is 4.79 Å². The second kappa shape index (κ2) is 4.79. The van der Waals surface area contributed by atoms with Crippen LogP contribution in [0.4, 0.5) is 8.78 Å². The molecular formula is C12H13F2NO2. The lowest BCUT2D eigenvalue weighted by molar-refractivity contribution is -0.139. The van der Waals surface area contributed by atoms with Gasteiger partial charge in [-0.15, -0.1) is 0 Å². The average Bonchev–Trinajstić information content (AvgIpc) is 2.72. The number of hydrogen-bond acceptors (Lipinski definition) is 2. The van der Waals surface area contributed by atoms with E-state index >= 15 is 0 Å². The minimum atomic E-state index is -0.896. The zero-order valence-electron chi connectivity index (χ0n) is 9.12. The number of nitrogens with one attached hydrogen (secondary N) is 1. The maximum absolute atomic E-state index is 13.4. The summed E-state index contributed by atoms with van der Waals surface area (Å²) >= 11 is 0. The first-order valence-electron chi connectivity index (χ1n) is 5.46. The van der Waals surface area contributed by atoms with Crippen LogP contribution in [-0.2, 0) is 11.2 Å². The molecule has 1 aliphatic rings. The van der Waals surface area contributed by atoms with Gasteiger partial charge in [-0.1, -0.05) is 0 Å². The minimum Gasteiger partial charge on any atom is -0.480 e. The molecule has 0 aromatic heterocycles. The molecule has 0 aliphatic carbocycles. The van der Waals surface area contributed by atoms with Crippen molar-refractivity contribution < 1.29 is 18.7 Å². The fourth-order valence-electron chi connectivity index (χ4n) is 2.16. The van der Waals surface area contributed by atoms with Crippen molar-refractivity contribution in [2.75, 3.05) is 6.54 Å². The highest BCUT2D eigenvalue weighted by Gasteiger charge is 2.29. The zero-order valence-corrected chi connectivity index (χ0v) is 9.12. The quantitative estimate of drug-likeness (QED) is 0.844. The molecule has 2 atom stereocenters. The highest BCUT2D eigenvalue weighted by molar-refractivity contribution is 5.73. The molecule has 17 heavy (non-hydrogen) atoms. The summed E-state index contributed by atoms with van der Waals surface area (Å²) in [4.78, 5) is 10.7. The molecule has 3 nitrogen and oxygen atoms in total. The Kier molecular flexibility index (Phi) is 3.38. The highest BCUT2D eigenvalue weighted by Crippen LogP contribution is 2.21. The van der Waals surface area contributed by atoms with E-state index in [1.165, 1.54) is 6.07 Å². The summed E-state index contributed by atoms with van der Waals surface area (Å²) in [6, 6.07) is 2.77. The Labute approximate surface area is 97.5 Å². The predicted octanol–water partition coefficient (Wildman–Crippen LogP) is 1.57. The Morgan fingerprint density at radius 3 is 2.88 bits per heavy atom. The van der Waals surface area contributed by atoms with E-state index in [1.807, 2.05) is 0 Å². The molecule has 1 fully saturated rings. The summed E-state index contributed by atoms with van der Waals surface area (Å²) < 4.78 is 26.3. The smallest absolute Gasteiger partial charge is 0.320 e. The topological polar surface area (TPSA) is 49.3 Å². The number of rotatable bonds is 3. The van der Waals surface area contributed by atoms with Crippen LogP contribution in [-0.4, -0.2) is 23.7 Å². The lowest BCUT2D eigenvalue weighted by Crippen LogP contribution is -2.29. The Bertz CT molecular complexity index is 437. The summed E-state index contributed by atoms with van der Waals surface area (Å²) in [6.45, 7) is 0.521. The monoisotopic (exact) mass is 241 g/mol. The summed E-state index contributed by atoms with van der Waals surface area (Å²) in [5, 5.41) is 11.6. The van der Waals surface area contributed by atoms with Gasteiger partial charge in [-0.25, -0.2) is 8.78 Å². The van der Waals surface area contributed by atoms with Crippen LogP contribution in [0.1, 0.15) is 12.0 Å². The predicted molar refractivity (Wildman–Crippen MR) is 57.6 cm³/mol. The maximum atomic E-state index is 13.4. The fraction of sp³-hybridized carbons (Fsp3) is 0.417. The van der Waals surface area contributed by atoms with E-state index in [1.54, 1.807) is 0 Å². The van der Waals surface area contributed by atoms with Gasteiger partial charge in [0.1, 0.15) is 17.7 Å². The minimum absolute atomic E-state index is 0.0346. The van der Waals surface area contributed by atoms with Gasteiger partial charge in [0.2, 0.25) is 0 Å². The van der Waals surface area contributed by atoms with Gasteiger partial charge in [0.25, 0.3) is 0 Å². The van der Waals surface area contributed by atoms with Crippen molar-refractivity contribution in [1.29, 1.82) is 0 Å². The van der Waals surface area contributed by atoms with Crippen LogP contribution in [0.3, 0.4) is 0 Å². The number of aliphatic carboxylic acids is 1. The van der Waals surface area contributed by atoms with Gasteiger partial charge >= 0.3 is 5.97 Å². The average molecular weight is 241 g/mol. The molecule has 0 radical (unpaired) electrons. The maximum Gasteiger partial charge on any atom is 0.320 e. The van der Waals surface area contributed by atoms with Crippen LogP contribution in [0.15, 0.2) is 18.2 Å². The van der Waals surface area contributed by atoms with Crippen LogP contribution >= 0.6 is 0 Å². The Hall–Kier alpha value is -1.49. The van der Waals surface area contributed by atoms with Crippen LogP contribution in [0.5, 0.6) is 0 Å². The number of benzene rings is 1. The second-order valence-corrected chi connectivity index (χ2v) is 4.34. The first-order valence-corrected chi connectivity index (χ1v) is 5.46. The van der Waals surface area contributed by atoms with Gasteiger partial charge < -0.3 is 10.4 Å². The molecule has 1 aliphatic heterocycles. The second-order valence-electron chi connectivity index (χ2n) is 4.34. The third kappa shape index (κ3) is 2.79. The molecule has 92 valence electrons. The van der Waals surface area contributed by atoms with Crippen molar-refractivity contribution >= 4 is 5.97 Å². The third-order valence-electron chi connectivity index (χ3n) is 3.04. The van der Waals surface area contributed by atoms with Crippen molar-refractivity contribution in [3.8, 4) is 0 Å². The molecule has 0 bridgehead atoms. The standard InChI is InChI=1S/C12H13F2NO2/c13-9-1-2-10(14)8(5-9)3-7-4-11(12(16)17)15-6-7/h1-2,5,7,11,15H,3-4,6H2,(H,16,17). The molecule has 1 saturated heterocycles. The van der Waals surface area contributed by atoms with Crippen LogP contribution < -0.4 is 5.32 Å². The molecule has 2 N–H and O–H groups in total. The van der Waals surface area contributed by atoms with Gasteiger partial charge in [0.05, 0.1) is 0 Å². The number of hydrogen-bond donors (Lipinski definition) is 2. The Morgan fingerprint density at radius 2 is 2.24 bits per heavy atom. The Balaban J connectivity index is 2.02. The third-order valence-corrected chi connectivity index (χ3v) is 3.04. The molecule has 1 heterocycles.